The van der Waals surface area contributed by atoms with Gasteiger partial charge in [0.1, 0.15) is 5.82 Å². The molecule has 3 heterocycles. The quantitative estimate of drug-likeness (QED) is 0.910. The van der Waals surface area contributed by atoms with Gasteiger partial charge < -0.3 is 10.6 Å². The Kier molecular flexibility index (Phi) is 4.69. The molecule has 2 aromatic rings. The third-order valence-electron chi connectivity index (χ3n) is 5.30. The van der Waals surface area contributed by atoms with Crippen LogP contribution >= 0.6 is 0 Å². The van der Waals surface area contributed by atoms with E-state index in [0.717, 1.165) is 30.4 Å². The number of rotatable bonds is 2. The molecule has 24 heavy (non-hydrogen) atoms. The van der Waals surface area contributed by atoms with E-state index in [0.29, 0.717) is 11.3 Å². The number of aryl methyl sites for hydroxylation is 1. The number of hydrogen-bond donors (Lipinski definition) is 1. The third kappa shape index (κ3) is 3.07. The van der Waals surface area contributed by atoms with Crippen molar-refractivity contribution < 1.29 is 0 Å². The normalized spacial score (nSPS) is 19.5. The molecule has 0 amide bonds. The predicted molar refractivity (Wildman–Crippen MR) is 94.7 cm³/mol. The first-order valence-corrected chi connectivity index (χ1v) is 8.84. The van der Waals surface area contributed by atoms with Gasteiger partial charge in [-0.3, -0.25) is 0 Å². The lowest BCUT2D eigenvalue weighted by molar-refractivity contribution is 0.0625. The molecular weight excluding hydrogens is 302 g/mol. The summed E-state index contributed by atoms with van der Waals surface area (Å²) in [5.41, 5.74) is 6.91. The van der Waals surface area contributed by atoms with Crippen LogP contribution in [0, 0.1) is 5.41 Å². The fourth-order valence-electron chi connectivity index (χ4n) is 3.95. The molecule has 1 spiro atoms. The third-order valence-corrected chi connectivity index (χ3v) is 5.30. The summed E-state index contributed by atoms with van der Waals surface area (Å²) in [7, 11) is 1.93. The lowest BCUT2D eigenvalue weighted by Gasteiger charge is -2.51. The topological polar surface area (TPSA) is 85.8 Å². The van der Waals surface area contributed by atoms with Gasteiger partial charge in [0.25, 0.3) is 0 Å². The maximum absolute atomic E-state index is 5.70. The van der Waals surface area contributed by atoms with Gasteiger partial charge in [-0.15, -0.1) is 5.10 Å². The van der Waals surface area contributed by atoms with Crippen LogP contribution in [0.5, 0.6) is 0 Å². The maximum Gasteiger partial charge on any atom is 0.154 e. The predicted octanol–water partition coefficient (Wildman–Crippen LogP) is 2.38. The zero-order valence-electron chi connectivity index (χ0n) is 14.8. The van der Waals surface area contributed by atoms with E-state index in [-0.39, 0.29) is 0 Å². The zero-order chi connectivity index (χ0) is 17.2. The van der Waals surface area contributed by atoms with Crippen molar-refractivity contribution in [1.82, 2.24) is 25.2 Å². The Bertz CT molecular complexity index is 648. The molecule has 1 saturated carbocycles. The summed E-state index contributed by atoms with van der Waals surface area (Å²) in [6, 6.07) is 3.94. The monoisotopic (exact) mass is 329 g/mol. The number of aromatic nitrogens is 5. The largest absolute Gasteiger partial charge is 0.397 e. The minimum Gasteiger partial charge on any atom is -0.397 e. The van der Waals surface area contributed by atoms with E-state index in [1.807, 2.05) is 37.7 Å². The van der Waals surface area contributed by atoms with E-state index in [9.17, 15) is 0 Å². The smallest absolute Gasteiger partial charge is 0.154 e. The molecule has 1 saturated heterocycles. The van der Waals surface area contributed by atoms with Gasteiger partial charge in [0.15, 0.2) is 5.82 Å². The van der Waals surface area contributed by atoms with Crippen molar-refractivity contribution in [3.63, 3.8) is 0 Å². The molecule has 0 aromatic carbocycles. The van der Waals surface area contributed by atoms with Gasteiger partial charge in [-0.25, -0.2) is 9.67 Å². The van der Waals surface area contributed by atoms with Crippen LogP contribution in [-0.2, 0) is 7.05 Å². The standard InChI is InChI=1S/C15H21N7.C2H6/c1-21-14(18-19-20-21)11-8-15(9-11)4-6-22(7-5-15)13-3-2-12(16)10-17-13;1-2/h2-3,10-11H,4-9,16H2,1H3;1-2H3. The second-order valence-electron chi connectivity index (χ2n) is 6.70. The number of hydrogen-bond acceptors (Lipinski definition) is 6. The highest BCUT2D eigenvalue weighted by atomic mass is 15.5. The molecule has 2 aromatic heterocycles. The highest BCUT2D eigenvalue weighted by Gasteiger charge is 2.47. The summed E-state index contributed by atoms with van der Waals surface area (Å²) >= 11 is 0. The Morgan fingerprint density at radius 3 is 2.42 bits per heavy atom. The van der Waals surface area contributed by atoms with E-state index in [4.69, 9.17) is 5.73 Å². The van der Waals surface area contributed by atoms with Crippen LogP contribution in [0.15, 0.2) is 18.3 Å². The maximum atomic E-state index is 5.70. The molecule has 130 valence electrons. The summed E-state index contributed by atoms with van der Waals surface area (Å²) in [6.45, 7) is 6.14. The molecule has 7 nitrogen and oxygen atoms in total. The van der Waals surface area contributed by atoms with Crippen LogP contribution in [0.25, 0.3) is 0 Å². The number of tetrazole rings is 1. The van der Waals surface area contributed by atoms with Gasteiger partial charge >= 0.3 is 0 Å². The van der Waals surface area contributed by atoms with Gasteiger partial charge in [0, 0.05) is 26.1 Å². The van der Waals surface area contributed by atoms with Gasteiger partial charge in [-0.05, 0) is 53.7 Å². The minimum atomic E-state index is 0.487. The highest BCUT2D eigenvalue weighted by molar-refractivity contribution is 5.46. The van der Waals surface area contributed by atoms with Crippen molar-refractivity contribution in [3.05, 3.63) is 24.2 Å². The lowest BCUT2D eigenvalue weighted by Crippen LogP contribution is -2.47. The van der Waals surface area contributed by atoms with Crippen molar-refractivity contribution in [2.75, 3.05) is 23.7 Å². The summed E-state index contributed by atoms with van der Waals surface area (Å²) < 4.78 is 1.81. The molecule has 7 heteroatoms. The van der Waals surface area contributed by atoms with Crippen LogP contribution in [0.2, 0.25) is 0 Å². The Hall–Kier alpha value is -2.18. The van der Waals surface area contributed by atoms with Crippen molar-refractivity contribution >= 4 is 11.5 Å². The van der Waals surface area contributed by atoms with Crippen molar-refractivity contribution in [3.8, 4) is 0 Å². The van der Waals surface area contributed by atoms with Crippen LogP contribution < -0.4 is 10.6 Å². The number of nitrogens with zero attached hydrogens (tertiary/aromatic N) is 6. The Morgan fingerprint density at radius 2 is 1.88 bits per heavy atom. The average molecular weight is 329 g/mol. The summed E-state index contributed by atoms with van der Waals surface area (Å²) in [6.07, 6.45) is 6.61. The van der Waals surface area contributed by atoms with E-state index in [1.54, 1.807) is 6.20 Å². The fourth-order valence-corrected chi connectivity index (χ4v) is 3.95. The van der Waals surface area contributed by atoms with Crippen LogP contribution in [0.1, 0.15) is 51.3 Å². The van der Waals surface area contributed by atoms with Crippen LogP contribution in [0.4, 0.5) is 11.5 Å². The first kappa shape index (κ1) is 16.7. The number of piperidine rings is 1. The molecule has 2 fully saturated rings. The average Bonchev–Trinajstić information content (AvgIpc) is 3.01. The lowest BCUT2D eigenvalue weighted by atomic mass is 9.57. The second kappa shape index (κ2) is 6.75. The van der Waals surface area contributed by atoms with E-state index < -0.39 is 0 Å². The molecule has 2 N–H and O–H groups in total. The van der Waals surface area contributed by atoms with Gasteiger partial charge in [-0.2, -0.15) is 0 Å². The highest BCUT2D eigenvalue weighted by Crippen LogP contribution is 2.56. The number of nitrogens with two attached hydrogens (primary N) is 1. The molecule has 1 aliphatic carbocycles. The molecule has 0 bridgehead atoms. The first-order chi connectivity index (χ1) is 11.7. The van der Waals surface area contributed by atoms with E-state index in [1.165, 1.54) is 25.7 Å². The second-order valence-corrected chi connectivity index (χ2v) is 6.70. The Labute approximate surface area is 143 Å². The molecule has 4 rings (SSSR count). The molecular formula is C17H27N7. The SMILES string of the molecule is CC.Cn1nnnc1C1CC2(CCN(c3ccc(N)cn3)CC2)C1. The molecule has 2 aliphatic rings. The van der Waals surface area contributed by atoms with Crippen molar-refractivity contribution in [1.29, 1.82) is 0 Å². The molecule has 0 radical (unpaired) electrons. The van der Waals surface area contributed by atoms with Crippen LogP contribution in [0.3, 0.4) is 0 Å². The fraction of sp³-hybridized carbons (Fsp3) is 0.647. The molecule has 0 unspecified atom stereocenters. The molecule has 1 aliphatic heterocycles. The Balaban J connectivity index is 0.000000815. The van der Waals surface area contributed by atoms with Gasteiger partial charge in [0.05, 0.1) is 11.9 Å². The Morgan fingerprint density at radius 1 is 1.17 bits per heavy atom. The first-order valence-electron chi connectivity index (χ1n) is 8.84. The number of anilines is 2. The summed E-state index contributed by atoms with van der Waals surface area (Å²) in [4.78, 5) is 6.79. The van der Waals surface area contributed by atoms with E-state index >= 15 is 0 Å². The van der Waals surface area contributed by atoms with Crippen molar-refractivity contribution in [2.45, 2.75) is 45.4 Å². The van der Waals surface area contributed by atoms with E-state index in [2.05, 4.69) is 25.4 Å². The van der Waals surface area contributed by atoms with Gasteiger partial charge in [-0.1, -0.05) is 13.8 Å². The van der Waals surface area contributed by atoms with Gasteiger partial charge in [0.2, 0.25) is 0 Å². The number of pyridine rings is 1. The summed E-state index contributed by atoms with van der Waals surface area (Å²) in [5, 5.41) is 11.9. The van der Waals surface area contributed by atoms with Crippen LogP contribution in [-0.4, -0.2) is 38.3 Å². The molecule has 0 atom stereocenters. The van der Waals surface area contributed by atoms with Crippen molar-refractivity contribution in [2.24, 2.45) is 12.5 Å². The minimum absolute atomic E-state index is 0.487. The number of nitrogen functional groups attached to an aromatic ring is 1. The summed E-state index contributed by atoms with van der Waals surface area (Å²) in [5.74, 6) is 2.60. The zero-order valence-corrected chi connectivity index (χ0v) is 14.8.